The van der Waals surface area contributed by atoms with Crippen LogP contribution in [0.3, 0.4) is 0 Å². The Balaban J connectivity index is 1.39. The number of carbonyl (C=O) groups excluding carboxylic acids is 3. The van der Waals surface area contributed by atoms with E-state index in [-0.39, 0.29) is 30.5 Å². The first-order chi connectivity index (χ1) is 17.4. The molecule has 0 unspecified atom stereocenters. The molecule has 1 saturated heterocycles. The quantitative estimate of drug-likeness (QED) is 0.414. The van der Waals surface area contributed by atoms with E-state index < -0.39 is 17.8 Å². The minimum Gasteiger partial charge on any atom is -0.493 e. The van der Waals surface area contributed by atoms with E-state index >= 15 is 0 Å². The molecular weight excluding hydrogens is 471 g/mol. The van der Waals surface area contributed by atoms with E-state index in [0.717, 1.165) is 10.5 Å². The maximum Gasteiger partial charge on any atom is 0.335 e. The third kappa shape index (κ3) is 4.43. The number of benzene rings is 3. The van der Waals surface area contributed by atoms with Gasteiger partial charge < -0.3 is 18.9 Å². The van der Waals surface area contributed by atoms with E-state index in [1.54, 1.807) is 36.4 Å². The second-order valence-electron chi connectivity index (χ2n) is 7.82. The molecule has 0 saturated carbocycles. The van der Waals surface area contributed by atoms with Gasteiger partial charge in [0.25, 0.3) is 11.8 Å². The smallest absolute Gasteiger partial charge is 0.335 e. The number of carbonyl (C=O) groups is 3. The number of anilines is 1. The molecule has 10 heteroatoms. The molecule has 4 amide bonds. The molecule has 0 atom stereocenters. The van der Waals surface area contributed by atoms with Gasteiger partial charge in [-0.1, -0.05) is 18.2 Å². The van der Waals surface area contributed by atoms with Gasteiger partial charge in [-0.3, -0.25) is 14.9 Å². The molecule has 1 N–H and O–H groups in total. The monoisotopic (exact) mass is 490 g/mol. The van der Waals surface area contributed by atoms with E-state index in [1.807, 2.05) is 0 Å². The zero-order valence-corrected chi connectivity index (χ0v) is 18.9. The molecule has 0 bridgehead atoms. The van der Waals surface area contributed by atoms with Gasteiger partial charge in [-0.25, -0.2) is 14.1 Å². The van der Waals surface area contributed by atoms with Crippen molar-refractivity contribution in [1.82, 2.24) is 5.32 Å². The number of fused-ring (bicyclic) bond motifs is 1. The molecular formula is C26H19FN2O7. The summed E-state index contributed by atoms with van der Waals surface area (Å²) >= 11 is 0. The average molecular weight is 490 g/mol. The number of hydrogen-bond donors (Lipinski definition) is 1. The van der Waals surface area contributed by atoms with Gasteiger partial charge in [0, 0.05) is 6.07 Å². The van der Waals surface area contributed by atoms with E-state index in [4.69, 9.17) is 18.9 Å². The van der Waals surface area contributed by atoms with Crippen LogP contribution in [0.4, 0.5) is 14.9 Å². The Morgan fingerprint density at radius 2 is 1.75 bits per heavy atom. The molecule has 9 nitrogen and oxygen atoms in total. The number of methoxy groups -OCH3 is 1. The SMILES string of the molecule is COc1cc(/C=C2\C(=O)NC(=O)N(c3ccc4c(c3)OCO4)C2=O)ccc1OCc1ccc(F)cc1. The molecule has 2 aliphatic rings. The maximum absolute atomic E-state index is 13.2. The van der Waals surface area contributed by atoms with Crippen molar-refractivity contribution in [3.8, 4) is 23.0 Å². The van der Waals surface area contributed by atoms with Gasteiger partial charge in [0.15, 0.2) is 23.0 Å². The fraction of sp³-hybridized carbons (Fsp3) is 0.115. The van der Waals surface area contributed by atoms with Gasteiger partial charge in [0.2, 0.25) is 6.79 Å². The molecule has 0 radical (unpaired) electrons. The predicted octanol–water partition coefficient (Wildman–Crippen LogP) is 3.81. The number of amides is 4. The van der Waals surface area contributed by atoms with Crippen LogP contribution in [0.1, 0.15) is 11.1 Å². The zero-order valence-electron chi connectivity index (χ0n) is 18.9. The fourth-order valence-electron chi connectivity index (χ4n) is 3.72. The van der Waals surface area contributed by atoms with Crippen molar-refractivity contribution in [3.05, 3.63) is 83.2 Å². The lowest BCUT2D eigenvalue weighted by atomic mass is 10.1. The summed E-state index contributed by atoms with van der Waals surface area (Å²) in [5, 5.41) is 2.18. The minimum atomic E-state index is -0.872. The summed E-state index contributed by atoms with van der Waals surface area (Å²) in [6.07, 6.45) is 1.36. The van der Waals surface area contributed by atoms with Crippen LogP contribution in [0.2, 0.25) is 0 Å². The number of halogens is 1. The van der Waals surface area contributed by atoms with Crippen LogP contribution in [0.5, 0.6) is 23.0 Å². The van der Waals surface area contributed by atoms with Crippen LogP contribution in [0, 0.1) is 5.82 Å². The highest BCUT2D eigenvalue weighted by Crippen LogP contribution is 2.36. The summed E-state index contributed by atoms with van der Waals surface area (Å²) in [5.41, 5.74) is 1.22. The van der Waals surface area contributed by atoms with Gasteiger partial charge in [0.1, 0.15) is 18.0 Å². The standard InChI is InChI=1S/C26H19FN2O7/c1-33-22-11-16(4-8-20(22)34-13-15-2-5-17(27)6-3-15)10-19-24(30)28-26(32)29(25(19)31)18-7-9-21-23(12-18)36-14-35-21/h2-12H,13-14H2,1H3,(H,28,30,32)/b19-10+. The highest BCUT2D eigenvalue weighted by molar-refractivity contribution is 6.39. The van der Waals surface area contributed by atoms with Gasteiger partial charge in [0.05, 0.1) is 12.8 Å². The lowest BCUT2D eigenvalue weighted by Gasteiger charge is -2.26. The van der Waals surface area contributed by atoms with Crippen LogP contribution in [-0.2, 0) is 16.2 Å². The second kappa shape index (κ2) is 9.41. The number of barbiturate groups is 1. The van der Waals surface area contributed by atoms with Crippen molar-refractivity contribution in [3.63, 3.8) is 0 Å². The lowest BCUT2D eigenvalue weighted by molar-refractivity contribution is -0.122. The molecule has 0 aromatic heterocycles. The summed E-state index contributed by atoms with van der Waals surface area (Å²) in [6, 6.07) is 14.5. The molecule has 3 aromatic rings. The van der Waals surface area contributed by atoms with Gasteiger partial charge in [-0.2, -0.15) is 0 Å². The van der Waals surface area contributed by atoms with Gasteiger partial charge in [-0.15, -0.1) is 0 Å². The Morgan fingerprint density at radius 1 is 0.972 bits per heavy atom. The number of rotatable bonds is 6. The van der Waals surface area contributed by atoms with E-state index in [1.165, 1.54) is 37.5 Å². The van der Waals surface area contributed by atoms with Crippen molar-refractivity contribution in [2.45, 2.75) is 6.61 Å². The summed E-state index contributed by atoms with van der Waals surface area (Å²) in [6.45, 7) is 0.221. The normalized spacial score (nSPS) is 15.8. The lowest BCUT2D eigenvalue weighted by Crippen LogP contribution is -2.54. The van der Waals surface area contributed by atoms with Crippen LogP contribution in [-0.4, -0.2) is 31.7 Å². The first-order valence-corrected chi connectivity index (χ1v) is 10.8. The summed E-state index contributed by atoms with van der Waals surface area (Å²) in [5.74, 6) is -0.301. The Kier molecular flexibility index (Phi) is 5.99. The summed E-state index contributed by atoms with van der Waals surface area (Å²) in [7, 11) is 1.45. The first kappa shape index (κ1) is 22.9. The van der Waals surface area contributed by atoms with Crippen molar-refractivity contribution in [1.29, 1.82) is 0 Å². The number of urea groups is 1. The highest BCUT2D eigenvalue weighted by Gasteiger charge is 2.37. The summed E-state index contributed by atoms with van der Waals surface area (Å²) in [4.78, 5) is 39.0. The van der Waals surface area contributed by atoms with E-state index in [2.05, 4.69) is 5.32 Å². The molecule has 0 spiro atoms. The van der Waals surface area contributed by atoms with Crippen molar-refractivity contribution >= 4 is 29.6 Å². The Morgan fingerprint density at radius 3 is 2.53 bits per heavy atom. The van der Waals surface area contributed by atoms with Crippen molar-refractivity contribution < 1.29 is 37.7 Å². The molecule has 0 aliphatic carbocycles. The van der Waals surface area contributed by atoms with E-state index in [0.29, 0.717) is 28.6 Å². The van der Waals surface area contributed by atoms with E-state index in [9.17, 15) is 18.8 Å². The number of ether oxygens (including phenoxy) is 4. The molecule has 1 fully saturated rings. The molecule has 36 heavy (non-hydrogen) atoms. The van der Waals surface area contributed by atoms with Gasteiger partial charge in [-0.05, 0) is 53.6 Å². The van der Waals surface area contributed by atoms with Gasteiger partial charge >= 0.3 is 6.03 Å². The second-order valence-corrected chi connectivity index (χ2v) is 7.82. The van der Waals surface area contributed by atoms with Crippen molar-refractivity contribution in [2.75, 3.05) is 18.8 Å². The molecule has 3 aromatic carbocycles. The van der Waals surface area contributed by atoms with Crippen LogP contribution < -0.4 is 29.2 Å². The first-order valence-electron chi connectivity index (χ1n) is 10.8. The minimum absolute atomic E-state index is 0.0357. The fourth-order valence-corrected chi connectivity index (χ4v) is 3.72. The predicted molar refractivity (Wildman–Crippen MR) is 125 cm³/mol. The maximum atomic E-state index is 13.2. The third-order valence-corrected chi connectivity index (χ3v) is 5.52. The third-order valence-electron chi connectivity index (χ3n) is 5.52. The van der Waals surface area contributed by atoms with Crippen LogP contribution in [0.25, 0.3) is 6.08 Å². The highest BCUT2D eigenvalue weighted by atomic mass is 19.1. The molecule has 182 valence electrons. The Labute approximate surface area is 204 Å². The molecule has 2 aliphatic heterocycles. The van der Waals surface area contributed by atoms with Crippen molar-refractivity contribution in [2.24, 2.45) is 0 Å². The average Bonchev–Trinajstić information content (AvgIpc) is 3.34. The number of imide groups is 2. The molecule has 5 rings (SSSR count). The zero-order chi connectivity index (χ0) is 25.2. The topological polar surface area (TPSA) is 103 Å². The molecule has 2 heterocycles. The number of nitrogens with one attached hydrogen (secondary N) is 1. The Bertz CT molecular complexity index is 1400. The van der Waals surface area contributed by atoms with Crippen LogP contribution in [0.15, 0.2) is 66.2 Å². The Hall–Kier alpha value is -4.86. The number of hydrogen-bond acceptors (Lipinski definition) is 7. The number of nitrogens with zero attached hydrogens (tertiary/aromatic N) is 1. The largest absolute Gasteiger partial charge is 0.493 e. The van der Waals surface area contributed by atoms with Crippen LogP contribution >= 0.6 is 0 Å². The summed E-state index contributed by atoms with van der Waals surface area (Å²) < 4.78 is 34.9.